The van der Waals surface area contributed by atoms with Crippen molar-refractivity contribution in [2.45, 2.75) is 26.9 Å². The van der Waals surface area contributed by atoms with Crippen LogP contribution in [0, 0.1) is 5.92 Å². The standard InChI is InChI=1S/C19H21N3O2S.ClH/c1-11(2)10-22-15(9-20)17(16-4-3-7-25-16)14-8-12(18(21)23)5-6-13(14)19(22)24;/h3-8,11H,9-10,20H2,1-2H3,(H2,21,23);1H. The maximum atomic E-state index is 13.0. The third-order valence-corrected chi connectivity index (χ3v) is 5.06. The van der Waals surface area contributed by atoms with Crippen molar-refractivity contribution in [2.75, 3.05) is 0 Å². The van der Waals surface area contributed by atoms with Gasteiger partial charge in [0.25, 0.3) is 5.56 Å². The van der Waals surface area contributed by atoms with E-state index in [1.54, 1.807) is 34.1 Å². The van der Waals surface area contributed by atoms with Gasteiger partial charge in [-0.1, -0.05) is 19.9 Å². The Hall–Kier alpha value is -2.15. The van der Waals surface area contributed by atoms with Crippen LogP contribution in [0.4, 0.5) is 0 Å². The second-order valence-electron chi connectivity index (χ2n) is 6.44. The fourth-order valence-corrected chi connectivity index (χ4v) is 3.92. The fraction of sp³-hybridized carbons (Fsp3) is 0.263. The number of hydrogen-bond acceptors (Lipinski definition) is 4. The third kappa shape index (κ3) is 3.53. The second-order valence-corrected chi connectivity index (χ2v) is 7.39. The molecule has 3 rings (SSSR count). The maximum Gasteiger partial charge on any atom is 0.258 e. The van der Waals surface area contributed by atoms with Crippen molar-refractivity contribution in [3.8, 4) is 10.4 Å². The summed E-state index contributed by atoms with van der Waals surface area (Å²) >= 11 is 1.58. The van der Waals surface area contributed by atoms with Crippen LogP contribution in [0.25, 0.3) is 21.2 Å². The van der Waals surface area contributed by atoms with Crippen LogP contribution in [0.2, 0.25) is 0 Å². The number of hydrogen-bond donors (Lipinski definition) is 2. The van der Waals surface area contributed by atoms with Crippen LogP contribution >= 0.6 is 23.7 Å². The Morgan fingerprint density at radius 1 is 1.23 bits per heavy atom. The number of fused-ring (bicyclic) bond motifs is 1. The SMILES string of the molecule is CC(C)Cn1c(CN)c(-c2cccs2)c2cc(C(N)=O)ccc2c1=O.Cl. The average Bonchev–Trinajstić information content (AvgIpc) is 3.10. The zero-order valence-electron chi connectivity index (χ0n) is 14.7. The molecule has 0 fully saturated rings. The predicted octanol–water partition coefficient (Wildman–Crippen LogP) is 3.37. The van der Waals surface area contributed by atoms with Crippen molar-refractivity contribution in [1.82, 2.24) is 4.57 Å². The Morgan fingerprint density at radius 2 is 1.96 bits per heavy atom. The molecule has 1 amide bonds. The molecule has 0 radical (unpaired) electrons. The van der Waals surface area contributed by atoms with E-state index in [4.69, 9.17) is 11.5 Å². The van der Waals surface area contributed by atoms with Crippen molar-refractivity contribution < 1.29 is 4.79 Å². The number of benzene rings is 1. The van der Waals surface area contributed by atoms with Crippen LogP contribution in [-0.2, 0) is 13.1 Å². The molecule has 0 aliphatic heterocycles. The summed E-state index contributed by atoms with van der Waals surface area (Å²) in [6, 6.07) is 8.95. The van der Waals surface area contributed by atoms with Crippen LogP contribution in [0.15, 0.2) is 40.5 Å². The predicted molar refractivity (Wildman–Crippen MR) is 110 cm³/mol. The number of pyridine rings is 1. The van der Waals surface area contributed by atoms with E-state index in [-0.39, 0.29) is 24.5 Å². The highest BCUT2D eigenvalue weighted by atomic mass is 35.5. The molecule has 7 heteroatoms. The van der Waals surface area contributed by atoms with E-state index in [9.17, 15) is 9.59 Å². The van der Waals surface area contributed by atoms with Gasteiger partial charge in [0, 0.05) is 40.2 Å². The number of thiophene rings is 1. The van der Waals surface area contributed by atoms with Crippen LogP contribution in [0.3, 0.4) is 0 Å². The smallest absolute Gasteiger partial charge is 0.258 e. The molecule has 1 aromatic carbocycles. The minimum absolute atomic E-state index is 0. The molecule has 0 atom stereocenters. The first-order valence-electron chi connectivity index (χ1n) is 8.17. The monoisotopic (exact) mass is 391 g/mol. The average molecular weight is 392 g/mol. The van der Waals surface area contributed by atoms with Gasteiger partial charge in [-0.15, -0.1) is 23.7 Å². The van der Waals surface area contributed by atoms with E-state index in [0.717, 1.165) is 21.5 Å². The Kier molecular flexibility index (Phi) is 6.23. The molecule has 138 valence electrons. The number of aromatic nitrogens is 1. The van der Waals surface area contributed by atoms with Crippen molar-refractivity contribution >= 4 is 40.4 Å². The molecule has 2 heterocycles. The molecule has 5 nitrogen and oxygen atoms in total. The molecule has 0 spiro atoms. The summed E-state index contributed by atoms with van der Waals surface area (Å²) in [5, 5.41) is 3.28. The zero-order chi connectivity index (χ0) is 18.1. The van der Waals surface area contributed by atoms with Gasteiger partial charge < -0.3 is 16.0 Å². The van der Waals surface area contributed by atoms with Crippen LogP contribution in [0.5, 0.6) is 0 Å². The normalized spacial score (nSPS) is 10.9. The molecule has 3 aromatic rings. The zero-order valence-corrected chi connectivity index (χ0v) is 16.3. The van der Waals surface area contributed by atoms with E-state index >= 15 is 0 Å². The van der Waals surface area contributed by atoms with Crippen LogP contribution in [-0.4, -0.2) is 10.5 Å². The van der Waals surface area contributed by atoms with Crippen molar-refractivity contribution in [2.24, 2.45) is 17.4 Å². The first-order valence-corrected chi connectivity index (χ1v) is 9.05. The molecule has 4 N–H and O–H groups in total. The number of amides is 1. The second kappa shape index (κ2) is 8.03. The minimum Gasteiger partial charge on any atom is -0.366 e. The highest BCUT2D eigenvalue weighted by molar-refractivity contribution is 7.13. The van der Waals surface area contributed by atoms with Crippen LogP contribution < -0.4 is 17.0 Å². The summed E-state index contributed by atoms with van der Waals surface area (Å²) in [7, 11) is 0. The summed E-state index contributed by atoms with van der Waals surface area (Å²) in [6.45, 7) is 4.97. The lowest BCUT2D eigenvalue weighted by Gasteiger charge is -2.20. The first kappa shape index (κ1) is 20.2. The summed E-state index contributed by atoms with van der Waals surface area (Å²) < 4.78 is 1.77. The Morgan fingerprint density at radius 3 is 2.50 bits per heavy atom. The number of carbonyl (C=O) groups is 1. The van der Waals surface area contributed by atoms with Crippen LogP contribution in [0.1, 0.15) is 29.9 Å². The number of nitrogens with two attached hydrogens (primary N) is 2. The first-order chi connectivity index (χ1) is 11.9. The number of carbonyl (C=O) groups excluding carboxylic acids is 1. The lowest BCUT2D eigenvalue weighted by Crippen LogP contribution is -2.28. The highest BCUT2D eigenvalue weighted by Crippen LogP contribution is 2.34. The molecule has 0 aliphatic carbocycles. The Labute approximate surface area is 162 Å². The van der Waals surface area contributed by atoms with E-state index in [1.165, 1.54) is 0 Å². The molecule has 0 unspecified atom stereocenters. The lowest BCUT2D eigenvalue weighted by atomic mass is 9.99. The third-order valence-electron chi connectivity index (χ3n) is 4.17. The summed E-state index contributed by atoms with van der Waals surface area (Å²) in [5.74, 6) is -0.207. The number of halogens is 1. The molecule has 0 saturated carbocycles. The Bertz CT molecular complexity index is 994. The van der Waals surface area contributed by atoms with Crippen molar-refractivity contribution in [3.63, 3.8) is 0 Å². The van der Waals surface area contributed by atoms with Gasteiger partial charge in [0.2, 0.25) is 5.91 Å². The van der Waals surface area contributed by atoms with E-state index in [0.29, 0.717) is 23.4 Å². The number of rotatable bonds is 5. The Balaban J connectivity index is 0.00000243. The summed E-state index contributed by atoms with van der Waals surface area (Å²) in [5.41, 5.74) is 13.5. The van der Waals surface area contributed by atoms with Gasteiger partial charge in [-0.2, -0.15) is 0 Å². The van der Waals surface area contributed by atoms with E-state index < -0.39 is 5.91 Å². The van der Waals surface area contributed by atoms with Gasteiger partial charge in [0.1, 0.15) is 0 Å². The number of nitrogens with zero attached hydrogens (tertiary/aromatic N) is 1. The van der Waals surface area contributed by atoms with E-state index in [1.807, 2.05) is 17.5 Å². The molecular formula is C19H22ClN3O2S. The van der Waals surface area contributed by atoms with E-state index in [2.05, 4.69) is 13.8 Å². The van der Waals surface area contributed by atoms with Gasteiger partial charge in [0.05, 0.1) is 0 Å². The fourth-order valence-electron chi connectivity index (χ4n) is 3.12. The van der Waals surface area contributed by atoms with Gasteiger partial charge in [0.15, 0.2) is 0 Å². The highest BCUT2D eigenvalue weighted by Gasteiger charge is 2.19. The summed E-state index contributed by atoms with van der Waals surface area (Å²) in [6.07, 6.45) is 0. The van der Waals surface area contributed by atoms with Crippen molar-refractivity contribution in [1.29, 1.82) is 0 Å². The van der Waals surface area contributed by atoms with Gasteiger partial charge in [-0.05, 0) is 40.9 Å². The quantitative estimate of drug-likeness (QED) is 0.698. The molecular weight excluding hydrogens is 370 g/mol. The molecule has 0 bridgehead atoms. The molecule has 0 aliphatic rings. The van der Waals surface area contributed by atoms with Crippen molar-refractivity contribution in [3.05, 3.63) is 57.3 Å². The molecule has 2 aromatic heterocycles. The maximum absolute atomic E-state index is 13.0. The topological polar surface area (TPSA) is 91.1 Å². The minimum atomic E-state index is -0.514. The molecule has 26 heavy (non-hydrogen) atoms. The largest absolute Gasteiger partial charge is 0.366 e. The lowest BCUT2D eigenvalue weighted by molar-refractivity contribution is 0.100. The van der Waals surface area contributed by atoms with Gasteiger partial charge >= 0.3 is 0 Å². The molecule has 0 saturated heterocycles. The summed E-state index contributed by atoms with van der Waals surface area (Å²) in [4.78, 5) is 25.7. The number of primary amides is 1. The van der Waals surface area contributed by atoms with Gasteiger partial charge in [-0.25, -0.2) is 0 Å². The van der Waals surface area contributed by atoms with Gasteiger partial charge in [-0.3, -0.25) is 9.59 Å².